The minimum absolute atomic E-state index is 0.292. The first-order valence-electron chi connectivity index (χ1n) is 5.96. The zero-order chi connectivity index (χ0) is 12.0. The molecule has 3 rings (SSSR count). The smallest absolute Gasteiger partial charge is 0.212 e. The summed E-state index contributed by atoms with van der Waals surface area (Å²) in [6, 6.07) is 2.33. The van der Waals surface area contributed by atoms with Crippen molar-refractivity contribution in [2.75, 3.05) is 6.54 Å². The van der Waals surface area contributed by atoms with Gasteiger partial charge in [0.15, 0.2) is 5.58 Å². The first-order chi connectivity index (χ1) is 8.16. The first kappa shape index (κ1) is 11.2. The number of nitrogens with one attached hydrogen (secondary N) is 1. The van der Waals surface area contributed by atoms with Crippen LogP contribution in [0.5, 0.6) is 0 Å². The van der Waals surface area contributed by atoms with Gasteiger partial charge in [-0.3, -0.25) is 0 Å². The fourth-order valence-electron chi connectivity index (χ4n) is 2.34. The van der Waals surface area contributed by atoms with Crippen molar-refractivity contribution in [3.8, 4) is 0 Å². The number of fused-ring (bicyclic) bond motifs is 1. The molecular weight excluding hydrogens is 280 g/mol. The van der Waals surface area contributed by atoms with Crippen LogP contribution in [-0.2, 0) is 0 Å². The molecule has 1 aliphatic rings. The van der Waals surface area contributed by atoms with E-state index < -0.39 is 0 Å². The third kappa shape index (κ3) is 1.79. The van der Waals surface area contributed by atoms with Gasteiger partial charge in [-0.25, -0.2) is 4.98 Å². The summed E-state index contributed by atoms with van der Waals surface area (Å²) >= 11 is 3.56. The summed E-state index contributed by atoms with van der Waals surface area (Å²) in [5.41, 5.74) is 4.27. The third-order valence-electron chi connectivity index (χ3n) is 3.55. The molecular formula is C13H15BrN2O. The zero-order valence-electron chi connectivity index (χ0n) is 10.0. The lowest BCUT2D eigenvalue weighted by atomic mass is 10.1. The van der Waals surface area contributed by atoms with Crippen molar-refractivity contribution >= 4 is 27.0 Å². The maximum absolute atomic E-state index is 5.92. The fourth-order valence-corrected chi connectivity index (χ4v) is 2.85. The van der Waals surface area contributed by atoms with Crippen molar-refractivity contribution in [2.24, 2.45) is 0 Å². The van der Waals surface area contributed by atoms with Crippen LogP contribution < -0.4 is 5.32 Å². The predicted molar refractivity (Wildman–Crippen MR) is 71.2 cm³/mol. The van der Waals surface area contributed by atoms with Crippen LogP contribution in [0.4, 0.5) is 0 Å². The van der Waals surface area contributed by atoms with Crippen LogP contribution in [0, 0.1) is 13.8 Å². The van der Waals surface area contributed by atoms with E-state index in [1.54, 1.807) is 0 Å². The van der Waals surface area contributed by atoms with Gasteiger partial charge in [-0.15, -0.1) is 0 Å². The van der Waals surface area contributed by atoms with E-state index in [1.165, 1.54) is 17.5 Å². The van der Waals surface area contributed by atoms with E-state index in [0.29, 0.717) is 6.04 Å². The van der Waals surface area contributed by atoms with Gasteiger partial charge in [-0.05, 0) is 50.4 Å². The molecule has 1 saturated heterocycles. The van der Waals surface area contributed by atoms with E-state index in [4.69, 9.17) is 4.42 Å². The van der Waals surface area contributed by atoms with Gasteiger partial charge in [0.05, 0.1) is 6.04 Å². The van der Waals surface area contributed by atoms with Crippen molar-refractivity contribution in [3.63, 3.8) is 0 Å². The molecule has 17 heavy (non-hydrogen) atoms. The molecule has 4 heteroatoms. The van der Waals surface area contributed by atoms with Crippen LogP contribution in [0.15, 0.2) is 15.0 Å². The van der Waals surface area contributed by atoms with Gasteiger partial charge in [0.1, 0.15) is 5.52 Å². The molecule has 1 atom stereocenters. The fraction of sp³-hybridized carbons (Fsp3) is 0.462. The van der Waals surface area contributed by atoms with Crippen molar-refractivity contribution in [1.82, 2.24) is 10.3 Å². The SMILES string of the molecule is Cc1c(Br)cc2nc(C3CCCN3)oc2c1C. The van der Waals surface area contributed by atoms with Gasteiger partial charge in [0, 0.05) is 4.47 Å². The Morgan fingerprint density at radius 2 is 2.24 bits per heavy atom. The standard InChI is InChI=1S/C13H15BrN2O/c1-7-8(2)12-11(6-9(7)14)16-13(17-12)10-4-3-5-15-10/h6,10,15H,3-5H2,1-2H3. The van der Waals surface area contributed by atoms with E-state index in [9.17, 15) is 0 Å². The number of aryl methyl sites for hydroxylation is 1. The third-order valence-corrected chi connectivity index (χ3v) is 4.38. The average molecular weight is 295 g/mol. The molecule has 90 valence electrons. The van der Waals surface area contributed by atoms with Gasteiger partial charge in [-0.1, -0.05) is 15.9 Å². The summed E-state index contributed by atoms with van der Waals surface area (Å²) in [7, 11) is 0. The number of oxazole rings is 1. The Morgan fingerprint density at radius 3 is 2.94 bits per heavy atom. The topological polar surface area (TPSA) is 38.1 Å². The maximum atomic E-state index is 5.92. The van der Waals surface area contributed by atoms with Gasteiger partial charge in [-0.2, -0.15) is 0 Å². The molecule has 1 fully saturated rings. The molecule has 2 heterocycles. The Kier molecular flexibility index (Phi) is 2.71. The number of benzene rings is 1. The summed E-state index contributed by atoms with van der Waals surface area (Å²) in [5.74, 6) is 0.832. The lowest BCUT2D eigenvalue weighted by Crippen LogP contribution is -2.12. The van der Waals surface area contributed by atoms with Crippen LogP contribution >= 0.6 is 15.9 Å². The van der Waals surface area contributed by atoms with Crippen LogP contribution in [0.25, 0.3) is 11.1 Å². The van der Waals surface area contributed by atoms with Crippen molar-refractivity contribution < 1.29 is 4.42 Å². The van der Waals surface area contributed by atoms with Crippen LogP contribution in [0.3, 0.4) is 0 Å². The highest BCUT2D eigenvalue weighted by Crippen LogP contribution is 2.32. The summed E-state index contributed by atoms with van der Waals surface area (Å²) in [6.45, 7) is 5.24. The molecule has 3 nitrogen and oxygen atoms in total. The number of nitrogens with zero attached hydrogens (tertiary/aromatic N) is 1. The number of hydrogen-bond donors (Lipinski definition) is 1. The zero-order valence-corrected chi connectivity index (χ0v) is 11.6. The number of hydrogen-bond acceptors (Lipinski definition) is 3. The van der Waals surface area contributed by atoms with Crippen LogP contribution in [-0.4, -0.2) is 11.5 Å². The van der Waals surface area contributed by atoms with Gasteiger partial charge < -0.3 is 9.73 Å². The van der Waals surface area contributed by atoms with E-state index in [2.05, 4.69) is 40.1 Å². The Morgan fingerprint density at radius 1 is 1.41 bits per heavy atom. The normalized spacial score (nSPS) is 20.3. The van der Waals surface area contributed by atoms with Gasteiger partial charge in [0.25, 0.3) is 0 Å². The highest BCUT2D eigenvalue weighted by Gasteiger charge is 2.22. The van der Waals surface area contributed by atoms with E-state index in [-0.39, 0.29) is 0 Å². The number of halogens is 1. The molecule has 0 radical (unpaired) electrons. The number of rotatable bonds is 1. The second-order valence-corrected chi connectivity index (χ2v) is 5.51. The second-order valence-electron chi connectivity index (χ2n) is 4.66. The average Bonchev–Trinajstić information content (AvgIpc) is 2.93. The van der Waals surface area contributed by atoms with E-state index in [0.717, 1.165) is 34.4 Å². The second kappa shape index (κ2) is 4.10. The lowest BCUT2D eigenvalue weighted by molar-refractivity contribution is 0.451. The van der Waals surface area contributed by atoms with Crippen molar-refractivity contribution in [3.05, 3.63) is 27.6 Å². The van der Waals surface area contributed by atoms with Crippen LogP contribution in [0.1, 0.15) is 35.9 Å². The molecule has 2 aromatic rings. The monoisotopic (exact) mass is 294 g/mol. The van der Waals surface area contributed by atoms with Gasteiger partial charge in [0.2, 0.25) is 5.89 Å². The van der Waals surface area contributed by atoms with E-state index in [1.807, 2.05) is 6.07 Å². The molecule has 1 aromatic carbocycles. The summed E-state index contributed by atoms with van der Waals surface area (Å²) in [5, 5.41) is 3.41. The quantitative estimate of drug-likeness (QED) is 0.873. The molecule has 1 aliphatic heterocycles. The highest BCUT2D eigenvalue weighted by molar-refractivity contribution is 9.10. The molecule has 0 aliphatic carbocycles. The minimum Gasteiger partial charge on any atom is -0.439 e. The molecule has 0 spiro atoms. The molecule has 0 bridgehead atoms. The first-order valence-corrected chi connectivity index (χ1v) is 6.75. The molecule has 1 N–H and O–H groups in total. The van der Waals surface area contributed by atoms with Crippen molar-refractivity contribution in [2.45, 2.75) is 32.7 Å². The van der Waals surface area contributed by atoms with Crippen LogP contribution in [0.2, 0.25) is 0 Å². The number of aromatic nitrogens is 1. The molecule has 0 amide bonds. The maximum Gasteiger partial charge on any atom is 0.212 e. The van der Waals surface area contributed by atoms with Crippen molar-refractivity contribution in [1.29, 1.82) is 0 Å². The van der Waals surface area contributed by atoms with Gasteiger partial charge >= 0.3 is 0 Å². The molecule has 1 aromatic heterocycles. The minimum atomic E-state index is 0.292. The summed E-state index contributed by atoms with van der Waals surface area (Å²) < 4.78 is 7.02. The Balaban J connectivity index is 2.15. The lowest BCUT2D eigenvalue weighted by Gasteiger charge is -2.03. The molecule has 0 saturated carbocycles. The Hall–Kier alpha value is -0.870. The highest BCUT2D eigenvalue weighted by atomic mass is 79.9. The summed E-state index contributed by atoms with van der Waals surface area (Å²) in [4.78, 5) is 4.60. The summed E-state index contributed by atoms with van der Waals surface area (Å²) in [6.07, 6.45) is 2.32. The predicted octanol–water partition coefficient (Wildman–Crippen LogP) is 3.63. The molecule has 1 unspecified atom stereocenters. The van der Waals surface area contributed by atoms with E-state index >= 15 is 0 Å². The largest absolute Gasteiger partial charge is 0.439 e. The Bertz CT molecular complexity index is 570. The Labute approximate surface area is 109 Å².